The molecular weight excluding hydrogens is 1350 g/mol. The van der Waals surface area contributed by atoms with Crippen molar-refractivity contribution in [1.82, 2.24) is 9.13 Å². The number of rotatable bonds is 10. The summed E-state index contributed by atoms with van der Waals surface area (Å²) in [4.78, 5) is 0. The van der Waals surface area contributed by atoms with Gasteiger partial charge in [0.15, 0.2) is 0 Å². The van der Waals surface area contributed by atoms with Crippen LogP contribution in [0.15, 0.2) is 405 Å². The summed E-state index contributed by atoms with van der Waals surface area (Å²) in [7, 11) is -1.39. The third kappa shape index (κ3) is 12.1. The largest absolute Gasteiger partial charge is 0.488 e. The second kappa shape index (κ2) is 28.4. The van der Waals surface area contributed by atoms with E-state index in [-0.39, 0.29) is 0 Å². The van der Waals surface area contributed by atoms with Gasteiger partial charge in [0.2, 0.25) is 0 Å². The molecule has 0 aliphatic rings. The van der Waals surface area contributed by atoms with E-state index in [2.05, 4.69) is 371 Å². The van der Waals surface area contributed by atoms with Gasteiger partial charge in [-0.2, -0.15) is 0 Å². The summed E-state index contributed by atoms with van der Waals surface area (Å²) in [5, 5.41) is 33.1. The summed E-state index contributed by atoms with van der Waals surface area (Å²) in [5.74, 6) is 0. The summed E-state index contributed by atoms with van der Waals surface area (Å²) in [5.41, 5.74) is 24.8. The maximum absolute atomic E-state index is 8.94. The number of halogens is 1. The van der Waals surface area contributed by atoms with Gasteiger partial charge in [0, 0.05) is 37.4 Å². The van der Waals surface area contributed by atoms with Crippen molar-refractivity contribution in [2.75, 3.05) is 0 Å². The fourth-order valence-electron chi connectivity index (χ4n) is 15.9. The summed E-state index contributed by atoms with van der Waals surface area (Å²) in [6.45, 7) is 0. The van der Waals surface area contributed by atoms with Crippen molar-refractivity contribution in [3.05, 3.63) is 405 Å². The van der Waals surface area contributed by atoms with Crippen LogP contribution in [0.5, 0.6) is 0 Å². The lowest BCUT2D eigenvalue weighted by Gasteiger charge is -2.18. The standard InChI is InChI=1S/C50H33N.C38H24BrN.C12H11BO2/c1-3-13-34(14-4-1)35-23-25-36(26-24-35)39-29-32-48-46(33-39)41-17-11-12-22-47(41)51(48)40-30-27-38(28-31-40)50-44-20-9-7-18-42(44)49(37-15-5-2-6-16-37)43-19-8-10-21-45(43)50;39-27-20-23-36-34(24-27)29-12-8-9-17-35(29)40(36)28-21-18-26(19-22-28)38-32-15-6-4-13-30(32)37(25-10-2-1-3-11-25)31-14-5-7-16-33(31)38;14-13(15)12-8-6-11(7-9-12)10-4-2-1-3-5-10/h1-33H;1-24H;1-9,14-15H. The van der Waals surface area contributed by atoms with Gasteiger partial charge in [-0.25, -0.2) is 0 Å². The molecule has 0 aliphatic heterocycles. The first kappa shape index (κ1) is 65.1. The lowest BCUT2D eigenvalue weighted by atomic mass is 9.80. The van der Waals surface area contributed by atoms with E-state index in [0.29, 0.717) is 5.46 Å². The molecule has 20 rings (SSSR count). The average molecular weight is 1420 g/mol. The predicted octanol–water partition coefficient (Wildman–Crippen LogP) is 26.0. The quantitative estimate of drug-likeness (QED) is 0.106. The summed E-state index contributed by atoms with van der Waals surface area (Å²) in [6.07, 6.45) is 0. The SMILES string of the molecule is Brc1ccc2c(c1)c1ccccc1n2-c1ccc(-c2c3ccccc3c(-c3ccccc3)c3ccccc23)cc1.OB(O)c1ccc(-c2ccccc2)cc1.c1ccc(-c2ccc(-c3ccc4c(c3)c3ccccc3n4-c3ccc(-c4c5ccccc5c(-c5ccccc5)c5ccccc45)cc3)cc2)cc1. The second-order valence-electron chi connectivity index (χ2n) is 26.9. The molecule has 106 heavy (non-hydrogen) atoms. The first-order valence-corrected chi connectivity index (χ1v) is 36.7. The van der Waals surface area contributed by atoms with E-state index in [0.717, 1.165) is 27.0 Å². The normalized spacial score (nSPS) is 11.3. The van der Waals surface area contributed by atoms with Crippen LogP contribution in [0.4, 0.5) is 0 Å². The molecular formula is C100H68BBrN2O2. The molecule has 4 nitrogen and oxygen atoms in total. The van der Waals surface area contributed by atoms with Crippen LogP contribution in [-0.2, 0) is 0 Å². The maximum Gasteiger partial charge on any atom is 0.488 e. The molecule has 0 saturated heterocycles. The summed E-state index contributed by atoms with van der Waals surface area (Å²) < 4.78 is 5.87. The first-order valence-electron chi connectivity index (χ1n) is 36.0. The Morgan fingerprint density at radius 2 is 0.425 bits per heavy atom. The highest BCUT2D eigenvalue weighted by Gasteiger charge is 2.21. The van der Waals surface area contributed by atoms with Gasteiger partial charge in [0.1, 0.15) is 0 Å². The molecule has 500 valence electrons. The van der Waals surface area contributed by atoms with Gasteiger partial charge in [-0.1, -0.05) is 350 Å². The number of hydrogen-bond acceptors (Lipinski definition) is 2. The maximum atomic E-state index is 8.94. The Hall–Kier alpha value is -12.9. The van der Waals surface area contributed by atoms with Gasteiger partial charge < -0.3 is 19.2 Å². The molecule has 0 amide bonds. The first-order chi connectivity index (χ1) is 52.4. The molecule has 0 radical (unpaired) electrons. The number of hydrogen-bond donors (Lipinski definition) is 2. The van der Waals surface area contributed by atoms with E-state index in [1.165, 1.54) is 153 Å². The minimum atomic E-state index is -1.39. The molecule has 0 atom stereocenters. The van der Waals surface area contributed by atoms with Crippen molar-refractivity contribution < 1.29 is 10.0 Å². The fourth-order valence-corrected chi connectivity index (χ4v) is 16.2. The third-order valence-electron chi connectivity index (χ3n) is 20.8. The van der Waals surface area contributed by atoms with Gasteiger partial charge in [0.25, 0.3) is 0 Å². The van der Waals surface area contributed by atoms with Crippen LogP contribution in [0.3, 0.4) is 0 Å². The van der Waals surface area contributed by atoms with E-state index < -0.39 is 7.12 Å². The van der Waals surface area contributed by atoms with E-state index in [9.17, 15) is 0 Å². The summed E-state index contributed by atoms with van der Waals surface area (Å²) in [6, 6.07) is 143. The number of fused-ring (bicyclic) bond motifs is 10. The van der Waals surface area contributed by atoms with Crippen LogP contribution < -0.4 is 5.46 Å². The molecule has 2 heterocycles. The molecule has 2 aromatic heterocycles. The number of aromatic nitrogens is 2. The fraction of sp³-hybridized carbons (Fsp3) is 0. The highest BCUT2D eigenvalue weighted by molar-refractivity contribution is 9.10. The Balaban J connectivity index is 0.000000128. The Morgan fingerprint density at radius 1 is 0.189 bits per heavy atom. The predicted molar refractivity (Wildman–Crippen MR) is 454 cm³/mol. The smallest absolute Gasteiger partial charge is 0.423 e. The molecule has 18 aromatic carbocycles. The monoisotopic (exact) mass is 1420 g/mol. The van der Waals surface area contributed by atoms with Crippen LogP contribution in [0, 0.1) is 0 Å². The van der Waals surface area contributed by atoms with Crippen LogP contribution in [-0.4, -0.2) is 26.3 Å². The zero-order valence-electron chi connectivity index (χ0n) is 57.8. The van der Waals surface area contributed by atoms with Gasteiger partial charge in [-0.15, -0.1) is 0 Å². The minimum absolute atomic E-state index is 0.509. The Bertz CT molecular complexity index is 6500. The molecule has 0 fully saturated rings. The van der Waals surface area contributed by atoms with Gasteiger partial charge in [-0.05, 0) is 193 Å². The van der Waals surface area contributed by atoms with Crippen LogP contribution >= 0.6 is 15.9 Å². The number of benzene rings is 18. The van der Waals surface area contributed by atoms with Crippen molar-refractivity contribution in [3.8, 4) is 89.3 Å². The summed E-state index contributed by atoms with van der Waals surface area (Å²) >= 11 is 3.67. The Labute approximate surface area is 624 Å². The number of nitrogens with zero attached hydrogens (tertiary/aromatic N) is 2. The van der Waals surface area contributed by atoms with Crippen LogP contribution in [0.2, 0.25) is 0 Å². The molecule has 0 bridgehead atoms. The van der Waals surface area contributed by atoms with Gasteiger partial charge >= 0.3 is 7.12 Å². The second-order valence-corrected chi connectivity index (χ2v) is 27.8. The molecule has 2 N–H and O–H groups in total. The zero-order valence-corrected chi connectivity index (χ0v) is 59.4. The Morgan fingerprint density at radius 3 is 0.774 bits per heavy atom. The van der Waals surface area contributed by atoms with Crippen molar-refractivity contribution in [1.29, 1.82) is 0 Å². The Kier molecular flexibility index (Phi) is 17.4. The van der Waals surface area contributed by atoms with Crippen LogP contribution in [0.1, 0.15) is 0 Å². The van der Waals surface area contributed by atoms with E-state index in [4.69, 9.17) is 10.0 Å². The molecule has 0 spiro atoms. The highest BCUT2D eigenvalue weighted by Crippen LogP contribution is 2.47. The van der Waals surface area contributed by atoms with Crippen molar-refractivity contribution in [2.24, 2.45) is 0 Å². The minimum Gasteiger partial charge on any atom is -0.423 e. The third-order valence-corrected chi connectivity index (χ3v) is 21.3. The van der Waals surface area contributed by atoms with Gasteiger partial charge in [0.05, 0.1) is 22.1 Å². The molecule has 0 saturated carbocycles. The molecule has 0 aliphatic carbocycles. The number of para-hydroxylation sites is 2. The average Bonchev–Trinajstić information content (AvgIpc) is 1.34. The topological polar surface area (TPSA) is 50.3 Å². The lowest BCUT2D eigenvalue weighted by Crippen LogP contribution is -2.29. The molecule has 6 heteroatoms. The van der Waals surface area contributed by atoms with E-state index >= 15 is 0 Å². The van der Waals surface area contributed by atoms with E-state index in [1.54, 1.807) is 12.1 Å². The van der Waals surface area contributed by atoms with Crippen LogP contribution in [0.25, 0.3) is 176 Å². The lowest BCUT2D eigenvalue weighted by molar-refractivity contribution is 0.426. The van der Waals surface area contributed by atoms with Crippen molar-refractivity contribution in [3.63, 3.8) is 0 Å². The van der Waals surface area contributed by atoms with Crippen molar-refractivity contribution >= 4 is 115 Å². The van der Waals surface area contributed by atoms with Crippen molar-refractivity contribution in [2.45, 2.75) is 0 Å². The highest BCUT2D eigenvalue weighted by atomic mass is 79.9. The molecule has 20 aromatic rings. The van der Waals surface area contributed by atoms with Gasteiger partial charge in [-0.3, -0.25) is 0 Å². The molecule has 0 unspecified atom stereocenters. The van der Waals surface area contributed by atoms with E-state index in [1.807, 2.05) is 42.5 Å². The zero-order chi connectivity index (χ0) is 71.0.